The maximum atomic E-state index is 11.0. The molecular weight excluding hydrogens is 298 g/mol. The Morgan fingerprint density at radius 1 is 1.43 bits per heavy atom. The number of ether oxygens (including phenoxy) is 3. The van der Waals surface area contributed by atoms with Crippen LogP contribution >= 0.6 is 11.6 Å². The van der Waals surface area contributed by atoms with Gasteiger partial charge in [-0.1, -0.05) is 11.6 Å². The average molecular weight is 316 g/mol. The van der Waals surface area contributed by atoms with Crippen LogP contribution in [0.4, 0.5) is 0 Å². The van der Waals surface area contributed by atoms with Crippen molar-refractivity contribution in [3.8, 4) is 11.5 Å². The van der Waals surface area contributed by atoms with Crippen molar-refractivity contribution >= 4 is 17.6 Å². The molecule has 0 spiro atoms. The number of carbonyl (C=O) groups is 1. The van der Waals surface area contributed by atoms with E-state index in [2.05, 4.69) is 4.90 Å². The van der Waals surface area contributed by atoms with E-state index in [9.17, 15) is 4.79 Å². The molecule has 0 saturated carbocycles. The van der Waals surface area contributed by atoms with Gasteiger partial charge in [0, 0.05) is 19.6 Å². The van der Waals surface area contributed by atoms with E-state index in [1.165, 1.54) is 19.2 Å². The Morgan fingerprint density at radius 3 is 2.76 bits per heavy atom. The zero-order valence-electron chi connectivity index (χ0n) is 11.8. The van der Waals surface area contributed by atoms with Gasteiger partial charge in [0.05, 0.1) is 30.9 Å². The number of aromatic carboxylic acids is 1. The minimum absolute atomic E-state index is 0.0670. The standard InChI is InChI=1S/C14H18ClNO5/c1-19-12-9-10(14(17)18)8-11(15)13(12)21-7-4-16-2-5-20-6-3-16/h8-9H,2-7H2,1H3,(H,17,18). The van der Waals surface area contributed by atoms with Gasteiger partial charge < -0.3 is 19.3 Å². The summed E-state index contributed by atoms with van der Waals surface area (Å²) in [5.74, 6) is -0.366. The molecule has 0 bridgehead atoms. The second-order valence-electron chi connectivity index (χ2n) is 4.60. The van der Waals surface area contributed by atoms with E-state index in [1.54, 1.807) is 0 Å². The Labute approximate surface area is 128 Å². The van der Waals surface area contributed by atoms with Gasteiger partial charge in [-0.2, -0.15) is 0 Å². The first-order valence-corrected chi connectivity index (χ1v) is 7.03. The molecule has 0 aromatic heterocycles. The Bertz CT molecular complexity index is 502. The van der Waals surface area contributed by atoms with Crippen molar-refractivity contribution in [2.45, 2.75) is 0 Å². The highest BCUT2D eigenvalue weighted by molar-refractivity contribution is 6.32. The topological polar surface area (TPSA) is 68.2 Å². The van der Waals surface area contributed by atoms with Gasteiger partial charge in [0.1, 0.15) is 6.61 Å². The summed E-state index contributed by atoms with van der Waals surface area (Å²) in [7, 11) is 1.45. The SMILES string of the molecule is COc1cc(C(=O)O)cc(Cl)c1OCCN1CCOCC1. The molecule has 1 fully saturated rings. The number of carboxylic acids is 1. The third kappa shape index (κ3) is 4.23. The molecular formula is C14H18ClNO5. The van der Waals surface area contributed by atoms with Crippen molar-refractivity contribution in [1.82, 2.24) is 4.90 Å². The summed E-state index contributed by atoms with van der Waals surface area (Å²) < 4.78 is 16.1. The minimum Gasteiger partial charge on any atom is -0.493 e. The molecule has 0 atom stereocenters. The number of methoxy groups -OCH3 is 1. The molecule has 7 heteroatoms. The van der Waals surface area contributed by atoms with Gasteiger partial charge in [0.15, 0.2) is 11.5 Å². The maximum absolute atomic E-state index is 11.0. The summed E-state index contributed by atoms with van der Waals surface area (Å²) in [5.41, 5.74) is 0.0670. The summed E-state index contributed by atoms with van der Waals surface area (Å²) in [4.78, 5) is 13.2. The largest absolute Gasteiger partial charge is 0.493 e. The monoisotopic (exact) mass is 315 g/mol. The normalized spacial score (nSPS) is 15.7. The predicted molar refractivity (Wildman–Crippen MR) is 77.7 cm³/mol. The van der Waals surface area contributed by atoms with Crippen LogP contribution in [-0.4, -0.2) is 62.5 Å². The van der Waals surface area contributed by atoms with Crippen LogP contribution in [0.2, 0.25) is 5.02 Å². The number of hydrogen-bond acceptors (Lipinski definition) is 5. The molecule has 1 aromatic rings. The van der Waals surface area contributed by atoms with Gasteiger partial charge in [0.2, 0.25) is 0 Å². The fourth-order valence-corrected chi connectivity index (χ4v) is 2.35. The number of rotatable bonds is 6. The first-order chi connectivity index (χ1) is 10.1. The van der Waals surface area contributed by atoms with E-state index < -0.39 is 5.97 Å². The number of halogens is 1. The van der Waals surface area contributed by atoms with Crippen LogP contribution in [0.25, 0.3) is 0 Å². The number of benzene rings is 1. The summed E-state index contributed by atoms with van der Waals surface area (Å²) in [6, 6.07) is 2.76. The molecule has 1 aliphatic heterocycles. The first-order valence-electron chi connectivity index (χ1n) is 6.65. The molecule has 0 aliphatic carbocycles. The molecule has 6 nitrogen and oxygen atoms in total. The summed E-state index contributed by atoms with van der Waals surface area (Å²) in [6.07, 6.45) is 0. The fourth-order valence-electron chi connectivity index (χ4n) is 2.08. The molecule has 0 radical (unpaired) electrons. The van der Waals surface area contributed by atoms with Crippen LogP contribution in [0.5, 0.6) is 11.5 Å². The number of morpholine rings is 1. The molecule has 2 rings (SSSR count). The zero-order chi connectivity index (χ0) is 15.2. The third-order valence-corrected chi connectivity index (χ3v) is 3.51. The van der Waals surface area contributed by atoms with Crippen molar-refractivity contribution in [1.29, 1.82) is 0 Å². The third-order valence-electron chi connectivity index (χ3n) is 3.23. The lowest BCUT2D eigenvalue weighted by molar-refractivity contribution is 0.0321. The molecule has 1 heterocycles. The molecule has 1 saturated heterocycles. The Morgan fingerprint density at radius 2 is 2.14 bits per heavy atom. The number of nitrogens with zero attached hydrogens (tertiary/aromatic N) is 1. The lowest BCUT2D eigenvalue weighted by Gasteiger charge is -2.26. The van der Waals surface area contributed by atoms with Gasteiger partial charge >= 0.3 is 5.97 Å². The van der Waals surface area contributed by atoms with Crippen molar-refractivity contribution in [3.05, 3.63) is 22.7 Å². The van der Waals surface area contributed by atoms with Crippen molar-refractivity contribution in [2.24, 2.45) is 0 Å². The van der Waals surface area contributed by atoms with E-state index in [4.69, 9.17) is 30.9 Å². The van der Waals surface area contributed by atoms with Crippen LogP contribution in [-0.2, 0) is 4.74 Å². The van der Waals surface area contributed by atoms with Gasteiger partial charge in [-0.05, 0) is 12.1 Å². The van der Waals surface area contributed by atoms with Crippen LogP contribution in [0.15, 0.2) is 12.1 Å². The van der Waals surface area contributed by atoms with E-state index in [1.807, 2.05) is 0 Å². The van der Waals surface area contributed by atoms with Gasteiger partial charge in [0.25, 0.3) is 0 Å². The summed E-state index contributed by atoms with van der Waals surface area (Å²) in [5, 5.41) is 9.22. The summed E-state index contributed by atoms with van der Waals surface area (Å²) >= 11 is 6.08. The highest BCUT2D eigenvalue weighted by atomic mass is 35.5. The average Bonchev–Trinajstić information content (AvgIpc) is 2.49. The molecule has 1 aromatic carbocycles. The van der Waals surface area contributed by atoms with E-state index >= 15 is 0 Å². The lowest BCUT2D eigenvalue weighted by atomic mass is 10.2. The van der Waals surface area contributed by atoms with Gasteiger partial charge in [-0.25, -0.2) is 4.79 Å². The molecule has 0 amide bonds. The smallest absolute Gasteiger partial charge is 0.335 e. The Balaban J connectivity index is 1.99. The van der Waals surface area contributed by atoms with E-state index in [0.717, 1.165) is 32.8 Å². The lowest BCUT2D eigenvalue weighted by Crippen LogP contribution is -2.38. The van der Waals surface area contributed by atoms with Crippen LogP contribution in [0.1, 0.15) is 10.4 Å². The van der Waals surface area contributed by atoms with Gasteiger partial charge in [-0.3, -0.25) is 4.90 Å². The van der Waals surface area contributed by atoms with Crippen molar-refractivity contribution < 1.29 is 24.1 Å². The highest BCUT2D eigenvalue weighted by Crippen LogP contribution is 2.36. The first kappa shape index (κ1) is 15.9. The second-order valence-corrected chi connectivity index (χ2v) is 5.00. The quantitative estimate of drug-likeness (QED) is 0.862. The second kappa shape index (κ2) is 7.49. The summed E-state index contributed by atoms with van der Waals surface area (Å²) in [6.45, 7) is 4.43. The van der Waals surface area contributed by atoms with Crippen LogP contribution in [0, 0.1) is 0 Å². The van der Waals surface area contributed by atoms with Gasteiger partial charge in [-0.15, -0.1) is 0 Å². The maximum Gasteiger partial charge on any atom is 0.335 e. The van der Waals surface area contributed by atoms with Crippen molar-refractivity contribution in [2.75, 3.05) is 46.6 Å². The van der Waals surface area contributed by atoms with E-state index in [-0.39, 0.29) is 10.6 Å². The molecule has 21 heavy (non-hydrogen) atoms. The minimum atomic E-state index is -1.06. The zero-order valence-corrected chi connectivity index (χ0v) is 12.6. The van der Waals surface area contributed by atoms with Crippen LogP contribution in [0.3, 0.4) is 0 Å². The fraction of sp³-hybridized carbons (Fsp3) is 0.500. The highest BCUT2D eigenvalue weighted by Gasteiger charge is 2.16. The molecule has 116 valence electrons. The number of hydrogen-bond donors (Lipinski definition) is 1. The molecule has 1 N–H and O–H groups in total. The Hall–Kier alpha value is -1.50. The Kier molecular flexibility index (Phi) is 5.67. The number of carboxylic acid groups (broad SMARTS) is 1. The predicted octanol–water partition coefficient (Wildman–Crippen LogP) is 1.76. The van der Waals surface area contributed by atoms with Crippen molar-refractivity contribution in [3.63, 3.8) is 0 Å². The molecule has 1 aliphatic rings. The van der Waals surface area contributed by atoms with Crippen LogP contribution < -0.4 is 9.47 Å². The van der Waals surface area contributed by atoms with E-state index in [0.29, 0.717) is 18.1 Å². The molecule has 0 unspecified atom stereocenters.